The SMILES string of the molecule is COCC(CCCN)NCCS(N)(=O)=O. The van der Waals surface area contributed by atoms with Crippen molar-refractivity contribution in [1.82, 2.24) is 5.32 Å². The largest absolute Gasteiger partial charge is 0.383 e. The predicted octanol–water partition coefficient (Wildman–Crippen LogP) is -1.38. The number of hydrogen-bond donors (Lipinski definition) is 3. The van der Waals surface area contributed by atoms with Gasteiger partial charge in [0.05, 0.1) is 12.4 Å². The van der Waals surface area contributed by atoms with E-state index in [0.29, 0.717) is 19.7 Å². The van der Waals surface area contributed by atoms with Gasteiger partial charge in [-0.2, -0.15) is 0 Å². The molecule has 0 amide bonds. The summed E-state index contributed by atoms with van der Waals surface area (Å²) in [5, 5.41) is 7.95. The van der Waals surface area contributed by atoms with Crippen molar-refractivity contribution in [2.75, 3.05) is 32.6 Å². The molecule has 6 nitrogen and oxygen atoms in total. The van der Waals surface area contributed by atoms with E-state index in [4.69, 9.17) is 15.6 Å². The molecule has 0 rings (SSSR count). The summed E-state index contributed by atoms with van der Waals surface area (Å²) in [6, 6.07) is 0.139. The molecule has 7 heteroatoms. The zero-order valence-electron chi connectivity index (χ0n) is 9.11. The van der Waals surface area contributed by atoms with Crippen molar-refractivity contribution in [3.63, 3.8) is 0 Å². The number of ether oxygens (including phenoxy) is 1. The second-order valence-electron chi connectivity index (χ2n) is 3.40. The van der Waals surface area contributed by atoms with E-state index in [2.05, 4.69) is 5.32 Å². The first kappa shape index (κ1) is 14.8. The Kier molecular flexibility index (Phi) is 7.89. The minimum absolute atomic E-state index is 0.0597. The van der Waals surface area contributed by atoms with Crippen LogP contribution < -0.4 is 16.2 Å². The van der Waals surface area contributed by atoms with Gasteiger partial charge in [-0.3, -0.25) is 0 Å². The zero-order chi connectivity index (χ0) is 11.7. The van der Waals surface area contributed by atoms with Crippen LogP contribution in [0.5, 0.6) is 0 Å². The topological polar surface area (TPSA) is 107 Å². The highest BCUT2D eigenvalue weighted by Crippen LogP contribution is 1.96. The van der Waals surface area contributed by atoms with Gasteiger partial charge in [-0.15, -0.1) is 0 Å². The molecule has 0 aromatic rings. The van der Waals surface area contributed by atoms with Crippen LogP contribution in [0.15, 0.2) is 0 Å². The Hall–Kier alpha value is -0.210. The van der Waals surface area contributed by atoms with E-state index in [9.17, 15) is 8.42 Å². The van der Waals surface area contributed by atoms with Crippen molar-refractivity contribution in [2.24, 2.45) is 10.9 Å². The van der Waals surface area contributed by atoms with Crippen molar-refractivity contribution in [2.45, 2.75) is 18.9 Å². The number of rotatable bonds is 9. The van der Waals surface area contributed by atoms with Gasteiger partial charge in [0.1, 0.15) is 0 Å². The Morgan fingerprint density at radius 3 is 2.60 bits per heavy atom. The average molecular weight is 239 g/mol. The molecule has 0 aromatic carbocycles. The Labute approximate surface area is 91.4 Å². The van der Waals surface area contributed by atoms with Crippen LogP contribution in [0.2, 0.25) is 0 Å². The van der Waals surface area contributed by atoms with E-state index in [-0.39, 0.29) is 11.8 Å². The zero-order valence-corrected chi connectivity index (χ0v) is 9.92. The first-order valence-corrected chi connectivity index (χ1v) is 6.64. The van der Waals surface area contributed by atoms with Crippen LogP contribution >= 0.6 is 0 Å². The van der Waals surface area contributed by atoms with E-state index in [1.165, 1.54) is 0 Å². The number of primary sulfonamides is 1. The van der Waals surface area contributed by atoms with Crippen molar-refractivity contribution in [1.29, 1.82) is 0 Å². The van der Waals surface area contributed by atoms with Crippen LogP contribution in [0.3, 0.4) is 0 Å². The minimum atomic E-state index is -3.38. The van der Waals surface area contributed by atoms with E-state index in [1.807, 2.05) is 0 Å². The predicted molar refractivity (Wildman–Crippen MR) is 59.9 cm³/mol. The third-order valence-corrected chi connectivity index (χ3v) is 2.72. The van der Waals surface area contributed by atoms with E-state index >= 15 is 0 Å². The first-order valence-electron chi connectivity index (χ1n) is 4.92. The molecule has 5 N–H and O–H groups in total. The number of methoxy groups -OCH3 is 1. The molecular formula is C8H21N3O3S. The highest BCUT2D eigenvalue weighted by atomic mass is 32.2. The average Bonchev–Trinajstić information content (AvgIpc) is 2.12. The van der Waals surface area contributed by atoms with Gasteiger partial charge in [0.25, 0.3) is 0 Å². The maximum Gasteiger partial charge on any atom is 0.210 e. The van der Waals surface area contributed by atoms with Crippen LogP contribution in [0.1, 0.15) is 12.8 Å². The molecule has 0 aliphatic rings. The minimum Gasteiger partial charge on any atom is -0.383 e. The quantitative estimate of drug-likeness (QED) is 0.459. The van der Waals surface area contributed by atoms with Crippen LogP contribution in [0.25, 0.3) is 0 Å². The molecular weight excluding hydrogens is 218 g/mol. The second kappa shape index (κ2) is 8.00. The van der Waals surface area contributed by atoms with Crippen molar-refractivity contribution < 1.29 is 13.2 Å². The molecule has 0 radical (unpaired) electrons. The molecule has 0 saturated heterocycles. The molecule has 0 aliphatic heterocycles. The lowest BCUT2D eigenvalue weighted by Gasteiger charge is -2.17. The van der Waals surface area contributed by atoms with Gasteiger partial charge in [-0.1, -0.05) is 0 Å². The second-order valence-corrected chi connectivity index (χ2v) is 5.14. The molecule has 0 aromatic heterocycles. The van der Waals surface area contributed by atoms with Crippen molar-refractivity contribution in [3.8, 4) is 0 Å². The van der Waals surface area contributed by atoms with E-state index in [1.54, 1.807) is 7.11 Å². The van der Waals surface area contributed by atoms with Crippen LogP contribution in [-0.2, 0) is 14.8 Å². The maximum absolute atomic E-state index is 10.7. The maximum atomic E-state index is 10.7. The van der Waals surface area contributed by atoms with Gasteiger partial charge in [0.2, 0.25) is 10.0 Å². The fraction of sp³-hybridized carbons (Fsp3) is 1.00. The summed E-state index contributed by atoms with van der Waals surface area (Å²) >= 11 is 0. The summed E-state index contributed by atoms with van der Waals surface area (Å²) in [4.78, 5) is 0. The van der Waals surface area contributed by atoms with Gasteiger partial charge >= 0.3 is 0 Å². The standard InChI is InChI=1S/C8H21N3O3S/c1-14-7-8(3-2-4-9)11-5-6-15(10,12)13/h8,11H,2-7,9H2,1H3,(H2,10,12,13). The van der Waals surface area contributed by atoms with Crippen LogP contribution in [0.4, 0.5) is 0 Å². The molecule has 0 saturated carbocycles. The number of nitrogens with two attached hydrogens (primary N) is 2. The first-order chi connectivity index (χ1) is 6.99. The fourth-order valence-corrected chi connectivity index (χ4v) is 1.62. The lowest BCUT2D eigenvalue weighted by atomic mass is 10.1. The van der Waals surface area contributed by atoms with E-state index < -0.39 is 10.0 Å². The lowest BCUT2D eigenvalue weighted by Crippen LogP contribution is -2.37. The van der Waals surface area contributed by atoms with Gasteiger partial charge < -0.3 is 15.8 Å². The Bertz CT molecular complexity index is 244. The summed E-state index contributed by atoms with van der Waals surface area (Å²) in [5.41, 5.74) is 5.39. The van der Waals surface area contributed by atoms with Crippen molar-refractivity contribution in [3.05, 3.63) is 0 Å². The Morgan fingerprint density at radius 2 is 2.13 bits per heavy atom. The molecule has 1 atom stereocenters. The van der Waals surface area contributed by atoms with Crippen molar-refractivity contribution >= 4 is 10.0 Å². The highest BCUT2D eigenvalue weighted by Gasteiger charge is 2.08. The number of hydrogen-bond acceptors (Lipinski definition) is 5. The summed E-state index contributed by atoms with van der Waals surface area (Å²) in [6.07, 6.45) is 1.76. The molecule has 0 fully saturated rings. The molecule has 15 heavy (non-hydrogen) atoms. The molecule has 92 valence electrons. The third kappa shape index (κ3) is 10.1. The van der Waals surface area contributed by atoms with Gasteiger partial charge in [0.15, 0.2) is 0 Å². The monoisotopic (exact) mass is 239 g/mol. The smallest absolute Gasteiger partial charge is 0.210 e. The Balaban J connectivity index is 3.74. The van der Waals surface area contributed by atoms with E-state index in [0.717, 1.165) is 12.8 Å². The highest BCUT2D eigenvalue weighted by molar-refractivity contribution is 7.89. The summed E-state index contributed by atoms with van der Waals surface area (Å²) in [7, 11) is -1.78. The summed E-state index contributed by atoms with van der Waals surface area (Å²) in [5.74, 6) is -0.0597. The molecule has 0 heterocycles. The van der Waals surface area contributed by atoms with Gasteiger partial charge in [-0.05, 0) is 19.4 Å². The van der Waals surface area contributed by atoms with Gasteiger partial charge in [0, 0.05) is 19.7 Å². The fourth-order valence-electron chi connectivity index (χ4n) is 1.22. The molecule has 0 spiro atoms. The lowest BCUT2D eigenvalue weighted by molar-refractivity contribution is 0.162. The number of sulfonamides is 1. The Morgan fingerprint density at radius 1 is 1.47 bits per heavy atom. The normalized spacial score (nSPS) is 14.1. The molecule has 1 unspecified atom stereocenters. The van der Waals surface area contributed by atoms with Gasteiger partial charge in [-0.25, -0.2) is 13.6 Å². The molecule has 0 aliphatic carbocycles. The van der Waals surface area contributed by atoms with Crippen LogP contribution in [-0.4, -0.2) is 47.0 Å². The van der Waals surface area contributed by atoms with Crippen LogP contribution in [0, 0.1) is 0 Å². The molecule has 0 bridgehead atoms. The summed E-state index contributed by atoms with van der Waals surface area (Å²) in [6.45, 7) is 1.51. The third-order valence-electron chi connectivity index (χ3n) is 1.94. The summed E-state index contributed by atoms with van der Waals surface area (Å²) < 4.78 is 26.3. The number of nitrogens with one attached hydrogen (secondary N) is 1.